The third-order valence-corrected chi connectivity index (χ3v) is 3.78. The molecule has 26 heavy (non-hydrogen) atoms. The average Bonchev–Trinajstić information content (AvgIpc) is 3.11. The molecule has 3 aromatic rings. The molecule has 2 aromatic carbocycles. The average molecular weight is 371 g/mol. The normalized spacial score (nSPS) is 10.2. The van der Waals surface area contributed by atoms with Crippen LogP contribution in [0.3, 0.4) is 0 Å². The molecule has 2 N–H and O–H groups in total. The number of hydrazine groups is 1. The second-order valence-electron chi connectivity index (χ2n) is 5.24. The zero-order valence-corrected chi connectivity index (χ0v) is 14.5. The van der Waals surface area contributed by atoms with Gasteiger partial charge in [-0.05, 0) is 36.4 Å². The number of benzene rings is 2. The van der Waals surface area contributed by atoms with Crippen LogP contribution in [0.25, 0.3) is 5.69 Å². The maximum Gasteiger partial charge on any atom is 0.294 e. The number of ether oxygens (including phenoxy) is 1. The van der Waals surface area contributed by atoms with Crippen LogP contribution in [0.4, 0.5) is 0 Å². The second-order valence-corrected chi connectivity index (χ2v) is 5.68. The minimum absolute atomic E-state index is 0.0489. The number of nitrogens with one attached hydrogen (secondary N) is 2. The van der Waals surface area contributed by atoms with Crippen LogP contribution in [0.1, 0.15) is 20.8 Å². The van der Waals surface area contributed by atoms with Crippen LogP contribution in [0, 0.1) is 0 Å². The third kappa shape index (κ3) is 3.84. The zero-order valence-electron chi connectivity index (χ0n) is 13.8. The van der Waals surface area contributed by atoms with Crippen molar-refractivity contribution in [3.05, 3.63) is 77.1 Å². The lowest BCUT2D eigenvalue weighted by Crippen LogP contribution is -2.41. The Balaban J connectivity index is 1.72. The Hall–Kier alpha value is -3.32. The standard InChI is InChI=1S/C18H15ClN4O3/c1-26-15-11-23(14-5-3-2-4-6-14)22-16(15)18(25)21-20-17(24)12-7-9-13(19)10-8-12/h2-11H,1H3,(H,20,24)(H,21,25). The number of nitrogens with zero attached hydrogens (tertiary/aromatic N) is 2. The molecule has 3 rings (SSSR count). The number of aromatic nitrogens is 2. The molecule has 8 heteroatoms. The minimum Gasteiger partial charge on any atom is -0.493 e. The van der Waals surface area contributed by atoms with Gasteiger partial charge in [0.25, 0.3) is 11.8 Å². The van der Waals surface area contributed by atoms with Crippen LogP contribution in [0.2, 0.25) is 5.02 Å². The number of rotatable bonds is 4. The molecule has 0 aliphatic rings. The van der Waals surface area contributed by atoms with E-state index >= 15 is 0 Å². The molecule has 0 radical (unpaired) electrons. The van der Waals surface area contributed by atoms with Gasteiger partial charge in [-0.3, -0.25) is 20.4 Å². The first-order valence-electron chi connectivity index (χ1n) is 7.64. The Morgan fingerprint density at radius 1 is 1.00 bits per heavy atom. The van der Waals surface area contributed by atoms with Gasteiger partial charge in [-0.2, -0.15) is 5.10 Å². The summed E-state index contributed by atoms with van der Waals surface area (Å²) >= 11 is 5.78. The molecule has 0 atom stereocenters. The summed E-state index contributed by atoms with van der Waals surface area (Å²) in [7, 11) is 1.44. The van der Waals surface area contributed by atoms with Crippen molar-refractivity contribution in [2.24, 2.45) is 0 Å². The molecular formula is C18H15ClN4O3. The summed E-state index contributed by atoms with van der Waals surface area (Å²) in [6.45, 7) is 0. The Morgan fingerprint density at radius 2 is 1.65 bits per heavy atom. The number of halogens is 1. The van der Waals surface area contributed by atoms with Crippen LogP contribution < -0.4 is 15.6 Å². The smallest absolute Gasteiger partial charge is 0.294 e. The molecule has 0 saturated carbocycles. The lowest BCUT2D eigenvalue weighted by atomic mass is 10.2. The molecule has 0 aliphatic carbocycles. The molecule has 1 aromatic heterocycles. The van der Waals surface area contributed by atoms with Gasteiger partial charge in [0, 0.05) is 10.6 Å². The molecule has 1 heterocycles. The number of methoxy groups -OCH3 is 1. The van der Waals surface area contributed by atoms with Gasteiger partial charge in [0.15, 0.2) is 11.4 Å². The summed E-state index contributed by atoms with van der Waals surface area (Å²) < 4.78 is 6.72. The molecule has 132 valence electrons. The van der Waals surface area contributed by atoms with Crippen molar-refractivity contribution in [3.63, 3.8) is 0 Å². The predicted octanol–water partition coefficient (Wildman–Crippen LogP) is 2.61. The first kappa shape index (κ1) is 17.5. The first-order chi connectivity index (χ1) is 12.6. The van der Waals surface area contributed by atoms with Gasteiger partial charge in [0.1, 0.15) is 0 Å². The van der Waals surface area contributed by atoms with Gasteiger partial charge >= 0.3 is 0 Å². The Labute approximate surface area is 154 Å². The second kappa shape index (κ2) is 7.71. The number of para-hydroxylation sites is 1. The maximum absolute atomic E-state index is 12.4. The highest BCUT2D eigenvalue weighted by Crippen LogP contribution is 2.19. The van der Waals surface area contributed by atoms with Crippen molar-refractivity contribution in [3.8, 4) is 11.4 Å². The van der Waals surface area contributed by atoms with Crippen LogP contribution in [-0.2, 0) is 0 Å². The summed E-state index contributed by atoms with van der Waals surface area (Å²) in [5.41, 5.74) is 5.83. The molecule has 0 spiro atoms. The van der Waals surface area contributed by atoms with Gasteiger partial charge in [0.2, 0.25) is 0 Å². The van der Waals surface area contributed by atoms with Crippen LogP contribution in [0.5, 0.6) is 5.75 Å². The third-order valence-electron chi connectivity index (χ3n) is 3.53. The number of carbonyl (C=O) groups is 2. The fourth-order valence-corrected chi connectivity index (χ4v) is 2.35. The van der Waals surface area contributed by atoms with E-state index in [0.29, 0.717) is 10.6 Å². The predicted molar refractivity (Wildman–Crippen MR) is 96.5 cm³/mol. The van der Waals surface area contributed by atoms with E-state index in [9.17, 15) is 9.59 Å². The van der Waals surface area contributed by atoms with E-state index in [1.807, 2.05) is 30.3 Å². The Bertz CT molecular complexity index is 923. The monoisotopic (exact) mass is 370 g/mol. The molecule has 7 nitrogen and oxygen atoms in total. The lowest BCUT2D eigenvalue weighted by molar-refractivity contribution is 0.0842. The summed E-state index contributed by atoms with van der Waals surface area (Å²) in [4.78, 5) is 24.4. The number of amides is 2. The number of hydrogen-bond acceptors (Lipinski definition) is 4. The Morgan fingerprint density at radius 3 is 2.31 bits per heavy atom. The Kier molecular flexibility index (Phi) is 5.19. The van der Waals surface area contributed by atoms with Crippen molar-refractivity contribution in [2.45, 2.75) is 0 Å². The largest absolute Gasteiger partial charge is 0.493 e. The topological polar surface area (TPSA) is 85.2 Å². The van der Waals surface area contributed by atoms with Crippen molar-refractivity contribution < 1.29 is 14.3 Å². The summed E-state index contributed by atoms with van der Waals surface area (Å²) in [6, 6.07) is 15.6. The minimum atomic E-state index is -0.598. The molecule has 0 fully saturated rings. The summed E-state index contributed by atoms with van der Waals surface area (Å²) in [5.74, 6) is -0.789. The van der Waals surface area contributed by atoms with E-state index in [1.165, 1.54) is 11.8 Å². The van der Waals surface area contributed by atoms with Crippen molar-refractivity contribution in [1.82, 2.24) is 20.6 Å². The van der Waals surface area contributed by atoms with Crippen molar-refractivity contribution in [1.29, 1.82) is 0 Å². The highest BCUT2D eigenvalue weighted by atomic mass is 35.5. The molecule has 0 unspecified atom stereocenters. The fourth-order valence-electron chi connectivity index (χ4n) is 2.22. The maximum atomic E-state index is 12.4. The molecule has 2 amide bonds. The van der Waals surface area contributed by atoms with E-state index < -0.39 is 11.8 Å². The van der Waals surface area contributed by atoms with E-state index in [4.69, 9.17) is 16.3 Å². The molecular weight excluding hydrogens is 356 g/mol. The van der Waals surface area contributed by atoms with Gasteiger partial charge in [-0.25, -0.2) is 4.68 Å². The van der Waals surface area contributed by atoms with E-state index in [0.717, 1.165) is 5.69 Å². The SMILES string of the molecule is COc1cn(-c2ccccc2)nc1C(=O)NNC(=O)c1ccc(Cl)cc1. The van der Waals surface area contributed by atoms with Crippen molar-refractivity contribution in [2.75, 3.05) is 7.11 Å². The highest BCUT2D eigenvalue weighted by molar-refractivity contribution is 6.30. The molecule has 0 aliphatic heterocycles. The molecule has 0 bridgehead atoms. The van der Waals surface area contributed by atoms with Crippen molar-refractivity contribution >= 4 is 23.4 Å². The number of hydrogen-bond donors (Lipinski definition) is 2. The van der Waals surface area contributed by atoms with Crippen LogP contribution >= 0.6 is 11.6 Å². The number of carbonyl (C=O) groups excluding carboxylic acids is 2. The van der Waals surface area contributed by atoms with Gasteiger partial charge < -0.3 is 4.74 Å². The van der Waals surface area contributed by atoms with E-state index in [1.54, 1.807) is 30.5 Å². The van der Waals surface area contributed by atoms with Gasteiger partial charge in [-0.1, -0.05) is 29.8 Å². The fraction of sp³-hybridized carbons (Fsp3) is 0.0556. The first-order valence-corrected chi connectivity index (χ1v) is 8.01. The van der Waals surface area contributed by atoms with Crippen LogP contribution in [-0.4, -0.2) is 28.7 Å². The highest BCUT2D eigenvalue weighted by Gasteiger charge is 2.19. The van der Waals surface area contributed by atoms with E-state index in [-0.39, 0.29) is 11.4 Å². The molecule has 0 saturated heterocycles. The zero-order chi connectivity index (χ0) is 18.5. The lowest BCUT2D eigenvalue weighted by Gasteiger charge is -2.07. The summed E-state index contributed by atoms with van der Waals surface area (Å²) in [6.07, 6.45) is 1.59. The quantitative estimate of drug-likeness (QED) is 0.691. The van der Waals surface area contributed by atoms with Gasteiger partial charge in [-0.15, -0.1) is 0 Å². The van der Waals surface area contributed by atoms with Crippen LogP contribution in [0.15, 0.2) is 60.8 Å². The summed E-state index contributed by atoms with van der Waals surface area (Å²) in [5, 5.41) is 4.74. The van der Waals surface area contributed by atoms with E-state index in [2.05, 4.69) is 16.0 Å². The van der Waals surface area contributed by atoms with Gasteiger partial charge in [0.05, 0.1) is 19.0 Å².